The number of pyridine rings is 1. The Kier molecular flexibility index (Phi) is 8.26. The molecule has 0 spiro atoms. The molecular formula is C20H28N5O4. The zero-order chi connectivity index (χ0) is 20.3. The average molecular weight is 402 g/mol. The molecular weight excluding hydrogens is 374 g/mol. The molecule has 1 radical (unpaired) electrons. The molecule has 1 saturated heterocycles. The van der Waals surface area contributed by atoms with Crippen molar-refractivity contribution in [1.82, 2.24) is 20.3 Å². The fourth-order valence-electron chi connectivity index (χ4n) is 2.96. The molecule has 29 heavy (non-hydrogen) atoms. The molecule has 9 nitrogen and oxygen atoms in total. The summed E-state index contributed by atoms with van der Waals surface area (Å²) in [5.74, 6) is 2.26. The lowest BCUT2D eigenvalue weighted by molar-refractivity contribution is 0.115. The average Bonchev–Trinajstić information content (AvgIpc) is 2.76. The Balaban J connectivity index is 1.51. The standard InChI is InChI=1S/C20H28N5O4/c1-3-26-11-12-28-19-17(5-4-6-23-19)27-13-14-29-20-18(22-7-8-24-20)25-10-9-21-15-16(25)2/h4-8,16,21H,1,3,9-15H2,2H3/t16-/m1/s1. The minimum Gasteiger partial charge on any atom is -0.484 e. The summed E-state index contributed by atoms with van der Waals surface area (Å²) >= 11 is 0. The number of nitrogens with one attached hydrogen (secondary N) is 1. The van der Waals surface area contributed by atoms with Gasteiger partial charge in [0.05, 0.1) is 6.61 Å². The van der Waals surface area contributed by atoms with E-state index in [1.807, 2.05) is 0 Å². The maximum atomic E-state index is 5.86. The Hall–Kier alpha value is -2.65. The van der Waals surface area contributed by atoms with E-state index in [1.54, 1.807) is 30.7 Å². The SMILES string of the molecule is [CH2]COCCOc1ncccc1OCCOc1nccnc1N1CCNC[C@H]1C. The van der Waals surface area contributed by atoms with Crippen molar-refractivity contribution >= 4 is 5.82 Å². The Morgan fingerprint density at radius 3 is 2.66 bits per heavy atom. The number of rotatable bonds is 11. The minimum absolute atomic E-state index is 0.321. The molecule has 0 aliphatic carbocycles. The summed E-state index contributed by atoms with van der Waals surface area (Å²) in [4.78, 5) is 15.2. The van der Waals surface area contributed by atoms with Crippen LogP contribution in [0.1, 0.15) is 6.92 Å². The van der Waals surface area contributed by atoms with Crippen LogP contribution < -0.4 is 24.4 Å². The smallest absolute Gasteiger partial charge is 0.257 e. The fraction of sp³-hybridized carbons (Fsp3) is 0.500. The molecule has 0 aromatic carbocycles. The third-order valence-corrected chi connectivity index (χ3v) is 4.35. The van der Waals surface area contributed by atoms with E-state index in [0.29, 0.717) is 56.6 Å². The molecule has 157 valence electrons. The summed E-state index contributed by atoms with van der Waals surface area (Å²) in [7, 11) is 0. The van der Waals surface area contributed by atoms with E-state index in [1.165, 1.54) is 0 Å². The van der Waals surface area contributed by atoms with Crippen molar-refractivity contribution in [1.29, 1.82) is 0 Å². The number of anilines is 1. The summed E-state index contributed by atoms with van der Waals surface area (Å²) in [6.07, 6.45) is 4.97. The molecule has 0 bridgehead atoms. The van der Waals surface area contributed by atoms with Crippen LogP contribution in [0.2, 0.25) is 0 Å². The third-order valence-electron chi connectivity index (χ3n) is 4.35. The van der Waals surface area contributed by atoms with Crippen LogP contribution in [0.3, 0.4) is 0 Å². The summed E-state index contributed by atoms with van der Waals surface area (Å²) in [5, 5.41) is 3.37. The molecule has 2 aromatic heterocycles. The maximum Gasteiger partial charge on any atom is 0.257 e. The van der Waals surface area contributed by atoms with Gasteiger partial charge in [0.1, 0.15) is 19.8 Å². The highest BCUT2D eigenvalue weighted by Crippen LogP contribution is 2.26. The van der Waals surface area contributed by atoms with Gasteiger partial charge in [0, 0.05) is 50.9 Å². The van der Waals surface area contributed by atoms with Gasteiger partial charge >= 0.3 is 0 Å². The zero-order valence-corrected chi connectivity index (χ0v) is 16.7. The lowest BCUT2D eigenvalue weighted by Crippen LogP contribution is -2.50. The van der Waals surface area contributed by atoms with E-state index >= 15 is 0 Å². The number of piperazine rings is 1. The van der Waals surface area contributed by atoms with Crippen molar-refractivity contribution in [3.8, 4) is 17.5 Å². The molecule has 0 unspecified atom stereocenters. The molecule has 0 saturated carbocycles. The first-order valence-electron chi connectivity index (χ1n) is 9.78. The first-order chi connectivity index (χ1) is 14.3. The van der Waals surface area contributed by atoms with Gasteiger partial charge in [-0.25, -0.2) is 15.0 Å². The summed E-state index contributed by atoms with van der Waals surface area (Å²) in [6, 6.07) is 3.92. The highest BCUT2D eigenvalue weighted by atomic mass is 16.6. The second kappa shape index (κ2) is 11.4. The van der Waals surface area contributed by atoms with Crippen LogP contribution in [-0.2, 0) is 4.74 Å². The highest BCUT2D eigenvalue weighted by Gasteiger charge is 2.23. The molecule has 2 aromatic rings. The third kappa shape index (κ3) is 6.16. The molecule has 1 atom stereocenters. The number of hydrogen-bond acceptors (Lipinski definition) is 9. The van der Waals surface area contributed by atoms with Crippen molar-refractivity contribution in [2.75, 3.05) is 57.6 Å². The first kappa shape index (κ1) is 21.1. The molecule has 1 fully saturated rings. The maximum absolute atomic E-state index is 5.86. The molecule has 1 aliphatic heterocycles. The normalized spacial score (nSPS) is 16.5. The van der Waals surface area contributed by atoms with Gasteiger partial charge in [0.25, 0.3) is 11.8 Å². The van der Waals surface area contributed by atoms with Gasteiger partial charge in [-0.15, -0.1) is 0 Å². The van der Waals surface area contributed by atoms with E-state index in [4.69, 9.17) is 18.9 Å². The Morgan fingerprint density at radius 2 is 1.79 bits per heavy atom. The van der Waals surface area contributed by atoms with Crippen LogP contribution >= 0.6 is 0 Å². The van der Waals surface area contributed by atoms with E-state index in [2.05, 4.69) is 39.0 Å². The number of ether oxygens (including phenoxy) is 4. The topological polar surface area (TPSA) is 90.9 Å². The number of aromatic nitrogens is 3. The van der Waals surface area contributed by atoms with Crippen LogP contribution in [0.4, 0.5) is 5.82 Å². The Labute approximate surface area is 171 Å². The number of nitrogens with zero attached hydrogens (tertiary/aromatic N) is 4. The van der Waals surface area contributed by atoms with Crippen molar-refractivity contribution < 1.29 is 18.9 Å². The Bertz CT molecular complexity index is 748. The van der Waals surface area contributed by atoms with Gasteiger partial charge in [0.15, 0.2) is 11.6 Å². The molecule has 3 heterocycles. The van der Waals surface area contributed by atoms with Gasteiger partial charge in [0.2, 0.25) is 0 Å². The van der Waals surface area contributed by atoms with E-state index in [9.17, 15) is 0 Å². The molecule has 1 N–H and O–H groups in total. The van der Waals surface area contributed by atoms with Crippen LogP contribution in [0, 0.1) is 6.92 Å². The first-order valence-corrected chi connectivity index (χ1v) is 9.78. The lowest BCUT2D eigenvalue weighted by Gasteiger charge is -2.35. The van der Waals surface area contributed by atoms with Crippen LogP contribution in [0.25, 0.3) is 0 Å². The summed E-state index contributed by atoms with van der Waals surface area (Å²) in [5.41, 5.74) is 0. The fourth-order valence-corrected chi connectivity index (χ4v) is 2.96. The predicted octanol–water partition coefficient (Wildman–Crippen LogP) is 1.36. The zero-order valence-electron chi connectivity index (χ0n) is 16.7. The predicted molar refractivity (Wildman–Crippen MR) is 109 cm³/mol. The second-order valence-corrected chi connectivity index (χ2v) is 6.40. The molecule has 3 rings (SSSR count). The largest absolute Gasteiger partial charge is 0.484 e. The number of hydrogen-bond donors (Lipinski definition) is 1. The molecule has 1 aliphatic rings. The van der Waals surface area contributed by atoms with Gasteiger partial charge in [-0.1, -0.05) is 0 Å². The van der Waals surface area contributed by atoms with Crippen LogP contribution in [0.5, 0.6) is 17.5 Å². The van der Waals surface area contributed by atoms with E-state index in [0.717, 1.165) is 25.5 Å². The lowest BCUT2D eigenvalue weighted by atomic mass is 10.2. The minimum atomic E-state index is 0.321. The Morgan fingerprint density at radius 1 is 1.03 bits per heavy atom. The summed E-state index contributed by atoms with van der Waals surface area (Å²) in [6.45, 7) is 10.3. The quantitative estimate of drug-likeness (QED) is 0.559. The second-order valence-electron chi connectivity index (χ2n) is 6.40. The van der Waals surface area contributed by atoms with Gasteiger partial charge < -0.3 is 29.2 Å². The monoisotopic (exact) mass is 402 g/mol. The van der Waals surface area contributed by atoms with Gasteiger partial charge in [-0.3, -0.25) is 0 Å². The van der Waals surface area contributed by atoms with Crippen molar-refractivity contribution in [3.63, 3.8) is 0 Å². The van der Waals surface area contributed by atoms with Gasteiger partial charge in [-0.05, 0) is 26.0 Å². The van der Waals surface area contributed by atoms with Crippen LogP contribution in [-0.4, -0.2) is 73.7 Å². The van der Waals surface area contributed by atoms with Crippen molar-refractivity contribution in [2.24, 2.45) is 0 Å². The van der Waals surface area contributed by atoms with Crippen molar-refractivity contribution in [3.05, 3.63) is 37.6 Å². The van der Waals surface area contributed by atoms with Crippen LogP contribution in [0.15, 0.2) is 30.7 Å². The summed E-state index contributed by atoms with van der Waals surface area (Å²) < 4.78 is 22.4. The molecule has 0 amide bonds. The van der Waals surface area contributed by atoms with Gasteiger partial charge in [-0.2, -0.15) is 0 Å². The highest BCUT2D eigenvalue weighted by molar-refractivity contribution is 5.49. The van der Waals surface area contributed by atoms with E-state index in [-0.39, 0.29) is 0 Å². The molecule has 9 heteroatoms. The van der Waals surface area contributed by atoms with Crippen molar-refractivity contribution in [2.45, 2.75) is 13.0 Å². The van der Waals surface area contributed by atoms with E-state index < -0.39 is 0 Å².